The Hall–Kier alpha value is 1.58. The van der Waals surface area contributed by atoms with Crippen LogP contribution in [0.5, 0.6) is 0 Å². The van der Waals surface area contributed by atoms with E-state index in [1.165, 1.54) is 49.7 Å². The standard InChI is InChI=1S/C20H26.2K.H2O4S/c1-2-3-4-5-12-17-20(18-13-8-6-9-14-18)19-15-10-7-11-16-19;;;1-5(2,3)4/h6-11,13-16,20H,2-5,12,17H2,1H3;;;(H2,1,2,3,4)/q;2*+1;/p-2. The maximum atomic E-state index is 8.52. The van der Waals surface area contributed by atoms with Crippen LogP contribution < -0.4 is 103 Å². The molecule has 7 heteroatoms. The number of unbranched alkanes of at least 4 members (excludes halogenated alkanes) is 4. The summed E-state index contributed by atoms with van der Waals surface area (Å²) in [6.07, 6.45) is 8.03. The Bertz CT molecular complexity index is 632. The molecule has 0 spiro atoms. The minimum atomic E-state index is -5.17. The second kappa shape index (κ2) is 18.4. The van der Waals surface area contributed by atoms with E-state index in [0.717, 1.165) is 0 Å². The van der Waals surface area contributed by atoms with Gasteiger partial charge in [-0.15, -0.1) is 0 Å². The van der Waals surface area contributed by atoms with Gasteiger partial charge in [-0.05, 0) is 17.5 Å². The Balaban J connectivity index is 0. The third kappa shape index (κ3) is 17.0. The quantitative estimate of drug-likeness (QED) is 0.225. The molecule has 0 aromatic heterocycles. The van der Waals surface area contributed by atoms with Gasteiger partial charge < -0.3 is 9.11 Å². The predicted molar refractivity (Wildman–Crippen MR) is 98.6 cm³/mol. The van der Waals surface area contributed by atoms with Crippen LogP contribution in [0.25, 0.3) is 0 Å². The average molecular weight is 441 g/mol. The zero-order valence-electron chi connectivity index (χ0n) is 16.6. The van der Waals surface area contributed by atoms with Crippen molar-refractivity contribution in [3.63, 3.8) is 0 Å². The van der Waals surface area contributed by atoms with Crippen molar-refractivity contribution in [2.24, 2.45) is 0 Å². The Kier molecular flexibility index (Phi) is 20.9. The first kappa shape index (κ1) is 30.8. The van der Waals surface area contributed by atoms with Crippen LogP contribution in [0.4, 0.5) is 0 Å². The van der Waals surface area contributed by atoms with Crippen molar-refractivity contribution in [1.29, 1.82) is 0 Å². The summed E-state index contributed by atoms with van der Waals surface area (Å²) < 4.78 is 34.1. The van der Waals surface area contributed by atoms with Crippen LogP contribution in [0.2, 0.25) is 0 Å². The molecule has 0 fully saturated rings. The van der Waals surface area contributed by atoms with E-state index in [0.29, 0.717) is 5.92 Å². The molecule has 0 bridgehead atoms. The summed E-state index contributed by atoms with van der Waals surface area (Å²) >= 11 is 0. The average Bonchev–Trinajstić information content (AvgIpc) is 2.58. The maximum Gasteiger partial charge on any atom is 1.00 e. The first-order valence-corrected chi connectivity index (χ1v) is 10.0. The molecule has 0 N–H and O–H groups in total. The molecule has 138 valence electrons. The van der Waals surface area contributed by atoms with Gasteiger partial charge >= 0.3 is 103 Å². The Morgan fingerprint density at radius 1 is 0.741 bits per heavy atom. The van der Waals surface area contributed by atoms with E-state index in [2.05, 4.69) is 67.6 Å². The molecule has 2 aromatic carbocycles. The first-order chi connectivity index (χ1) is 11.9. The molecule has 0 aliphatic rings. The van der Waals surface area contributed by atoms with Crippen molar-refractivity contribution in [3.8, 4) is 0 Å². The van der Waals surface area contributed by atoms with Gasteiger partial charge in [-0.1, -0.05) is 99.7 Å². The van der Waals surface area contributed by atoms with Crippen molar-refractivity contribution in [2.45, 2.75) is 51.4 Å². The molecular formula is C20H26K2O4S. The predicted octanol–water partition coefficient (Wildman–Crippen LogP) is -1.15. The van der Waals surface area contributed by atoms with Gasteiger partial charge in [0.25, 0.3) is 0 Å². The molecule has 2 rings (SSSR count). The maximum absolute atomic E-state index is 8.52. The summed E-state index contributed by atoms with van der Waals surface area (Å²) in [6, 6.07) is 21.9. The van der Waals surface area contributed by atoms with E-state index in [4.69, 9.17) is 17.5 Å². The Morgan fingerprint density at radius 3 is 1.48 bits per heavy atom. The monoisotopic (exact) mass is 440 g/mol. The van der Waals surface area contributed by atoms with Crippen LogP contribution in [0.3, 0.4) is 0 Å². The van der Waals surface area contributed by atoms with Gasteiger partial charge in [0.05, 0.1) is 0 Å². The van der Waals surface area contributed by atoms with Crippen LogP contribution in [0, 0.1) is 0 Å². The fraction of sp³-hybridized carbons (Fsp3) is 0.400. The molecule has 0 amide bonds. The minimum absolute atomic E-state index is 0. The molecule has 0 atom stereocenters. The number of hydrogen-bond acceptors (Lipinski definition) is 4. The molecule has 0 radical (unpaired) electrons. The van der Waals surface area contributed by atoms with Crippen molar-refractivity contribution in [3.05, 3.63) is 71.8 Å². The van der Waals surface area contributed by atoms with E-state index < -0.39 is 10.4 Å². The molecule has 0 aliphatic carbocycles. The van der Waals surface area contributed by atoms with Gasteiger partial charge in [0, 0.05) is 16.3 Å². The van der Waals surface area contributed by atoms with Crippen LogP contribution in [0.1, 0.15) is 62.5 Å². The first-order valence-electron chi connectivity index (χ1n) is 8.68. The normalized spacial score (nSPS) is 10.2. The van der Waals surface area contributed by atoms with Crippen LogP contribution in [-0.2, 0) is 10.4 Å². The largest absolute Gasteiger partial charge is 1.00 e. The van der Waals surface area contributed by atoms with Crippen molar-refractivity contribution < 1.29 is 120 Å². The minimum Gasteiger partial charge on any atom is -0.759 e. The van der Waals surface area contributed by atoms with Crippen LogP contribution in [0.15, 0.2) is 60.7 Å². The summed E-state index contributed by atoms with van der Waals surface area (Å²) in [4.78, 5) is 0. The summed E-state index contributed by atoms with van der Waals surface area (Å²) in [5.74, 6) is 0.555. The fourth-order valence-electron chi connectivity index (χ4n) is 2.85. The number of benzene rings is 2. The van der Waals surface area contributed by atoms with Gasteiger partial charge in [0.15, 0.2) is 0 Å². The molecule has 27 heavy (non-hydrogen) atoms. The second-order valence-corrected chi connectivity index (χ2v) is 6.80. The van der Waals surface area contributed by atoms with Gasteiger partial charge in [-0.3, -0.25) is 8.42 Å². The summed E-state index contributed by atoms with van der Waals surface area (Å²) in [5, 5.41) is 0. The zero-order chi connectivity index (χ0) is 18.5. The molecular weight excluding hydrogens is 414 g/mol. The molecule has 0 saturated carbocycles. The van der Waals surface area contributed by atoms with Gasteiger partial charge in [0.1, 0.15) is 0 Å². The van der Waals surface area contributed by atoms with Crippen molar-refractivity contribution in [1.82, 2.24) is 0 Å². The third-order valence-corrected chi connectivity index (χ3v) is 4.00. The van der Waals surface area contributed by atoms with Crippen molar-refractivity contribution in [2.75, 3.05) is 0 Å². The smallest absolute Gasteiger partial charge is 0.759 e. The SMILES string of the molecule is CCCCCCCC(c1ccccc1)c1ccccc1.O=S(=O)([O-])[O-].[K+].[K+]. The molecule has 0 unspecified atom stereocenters. The molecule has 0 saturated heterocycles. The van der Waals surface area contributed by atoms with Gasteiger partial charge in [0.2, 0.25) is 0 Å². The topological polar surface area (TPSA) is 80.3 Å². The molecule has 0 aliphatic heterocycles. The van der Waals surface area contributed by atoms with Crippen molar-refractivity contribution >= 4 is 10.4 Å². The molecule has 4 nitrogen and oxygen atoms in total. The van der Waals surface area contributed by atoms with Crippen LogP contribution in [-0.4, -0.2) is 17.5 Å². The number of rotatable bonds is 8. The summed E-state index contributed by atoms with van der Waals surface area (Å²) in [6.45, 7) is 2.27. The van der Waals surface area contributed by atoms with Crippen LogP contribution >= 0.6 is 0 Å². The van der Waals surface area contributed by atoms with E-state index >= 15 is 0 Å². The fourth-order valence-corrected chi connectivity index (χ4v) is 2.85. The van der Waals surface area contributed by atoms with E-state index in [1.54, 1.807) is 0 Å². The zero-order valence-corrected chi connectivity index (χ0v) is 23.7. The summed E-state index contributed by atoms with van der Waals surface area (Å²) in [5.41, 5.74) is 2.91. The van der Waals surface area contributed by atoms with Gasteiger partial charge in [-0.2, -0.15) is 0 Å². The third-order valence-electron chi connectivity index (χ3n) is 4.00. The van der Waals surface area contributed by atoms with E-state index in [-0.39, 0.29) is 103 Å². The van der Waals surface area contributed by atoms with E-state index in [1.807, 2.05) is 0 Å². The Labute approximate surface area is 249 Å². The molecule has 0 heterocycles. The second-order valence-electron chi connectivity index (χ2n) is 5.99. The summed E-state index contributed by atoms with van der Waals surface area (Å²) in [7, 11) is -5.17. The molecule has 2 aromatic rings. The Morgan fingerprint density at radius 2 is 1.11 bits per heavy atom. The van der Waals surface area contributed by atoms with E-state index in [9.17, 15) is 0 Å². The number of hydrogen-bond donors (Lipinski definition) is 0. The van der Waals surface area contributed by atoms with Gasteiger partial charge in [-0.25, -0.2) is 0 Å².